The highest BCUT2D eigenvalue weighted by molar-refractivity contribution is 5.37. The molecule has 2 aromatic heterocycles. The van der Waals surface area contributed by atoms with Gasteiger partial charge in [-0.15, -0.1) is 14.8 Å². The van der Waals surface area contributed by atoms with Crippen molar-refractivity contribution in [3.8, 4) is 17.4 Å². The number of benzene rings is 1. The highest BCUT2D eigenvalue weighted by atomic mass is 16.5. The number of rotatable bonds is 3. The third-order valence-electron chi connectivity index (χ3n) is 2.33. The van der Waals surface area contributed by atoms with Gasteiger partial charge in [-0.05, 0) is 40.8 Å². The zero-order valence-corrected chi connectivity index (χ0v) is 9.52. The van der Waals surface area contributed by atoms with E-state index >= 15 is 0 Å². The summed E-state index contributed by atoms with van der Waals surface area (Å²) in [6.07, 6.45) is 0. The molecule has 0 aliphatic rings. The van der Waals surface area contributed by atoms with Crippen molar-refractivity contribution in [2.75, 3.05) is 7.11 Å². The van der Waals surface area contributed by atoms with Gasteiger partial charge in [0.2, 0.25) is 5.88 Å². The van der Waals surface area contributed by atoms with Gasteiger partial charge >= 0.3 is 0 Å². The third-order valence-corrected chi connectivity index (χ3v) is 2.33. The van der Waals surface area contributed by atoms with Crippen molar-refractivity contribution < 1.29 is 9.47 Å². The molecule has 0 aliphatic heterocycles. The Hall–Kier alpha value is -2.70. The fourth-order valence-corrected chi connectivity index (χ4v) is 1.45. The molecule has 3 rings (SSSR count). The van der Waals surface area contributed by atoms with E-state index in [2.05, 4.69) is 20.6 Å². The lowest BCUT2D eigenvalue weighted by Crippen LogP contribution is -1.97. The molecule has 0 saturated carbocycles. The van der Waals surface area contributed by atoms with Crippen LogP contribution in [0.2, 0.25) is 0 Å². The number of hydrogen-bond acceptors (Lipinski definition) is 6. The normalized spacial score (nSPS) is 10.5. The number of nitrogens with zero attached hydrogens (tertiary/aromatic N) is 5. The van der Waals surface area contributed by atoms with Crippen LogP contribution in [0.3, 0.4) is 0 Å². The van der Waals surface area contributed by atoms with Crippen molar-refractivity contribution in [1.29, 1.82) is 0 Å². The number of methoxy groups -OCH3 is 1. The third kappa shape index (κ3) is 1.93. The van der Waals surface area contributed by atoms with Crippen LogP contribution < -0.4 is 9.47 Å². The first-order valence-electron chi connectivity index (χ1n) is 5.22. The van der Waals surface area contributed by atoms with Gasteiger partial charge in [-0.25, -0.2) is 0 Å². The van der Waals surface area contributed by atoms with Gasteiger partial charge in [0.15, 0.2) is 5.65 Å². The first kappa shape index (κ1) is 10.5. The largest absolute Gasteiger partial charge is 0.497 e. The molecule has 0 N–H and O–H groups in total. The zero-order chi connectivity index (χ0) is 12.4. The van der Waals surface area contributed by atoms with Gasteiger partial charge in [0, 0.05) is 6.07 Å². The molecule has 2 heterocycles. The number of ether oxygens (including phenoxy) is 2. The summed E-state index contributed by atoms with van der Waals surface area (Å²) in [5.74, 6) is 1.85. The minimum absolute atomic E-state index is 0.417. The van der Waals surface area contributed by atoms with Crippen LogP contribution >= 0.6 is 0 Å². The van der Waals surface area contributed by atoms with E-state index in [1.165, 1.54) is 4.63 Å². The minimum Gasteiger partial charge on any atom is -0.497 e. The van der Waals surface area contributed by atoms with Crippen LogP contribution in [0.15, 0.2) is 36.4 Å². The van der Waals surface area contributed by atoms with E-state index < -0.39 is 0 Å². The second kappa shape index (κ2) is 4.28. The molecular weight excluding hydrogens is 234 g/mol. The molecular formula is C11H9N5O2. The van der Waals surface area contributed by atoms with Gasteiger partial charge in [-0.2, -0.15) is 0 Å². The van der Waals surface area contributed by atoms with Crippen molar-refractivity contribution in [1.82, 2.24) is 25.3 Å². The predicted molar refractivity (Wildman–Crippen MR) is 61.6 cm³/mol. The molecule has 0 bridgehead atoms. The molecule has 0 fully saturated rings. The van der Waals surface area contributed by atoms with Crippen molar-refractivity contribution in [2.24, 2.45) is 0 Å². The van der Waals surface area contributed by atoms with Gasteiger partial charge in [-0.1, -0.05) is 0 Å². The van der Waals surface area contributed by atoms with Crippen LogP contribution in [0.25, 0.3) is 5.65 Å². The van der Waals surface area contributed by atoms with Crippen LogP contribution in [-0.4, -0.2) is 32.4 Å². The van der Waals surface area contributed by atoms with E-state index in [9.17, 15) is 0 Å². The number of hydrogen-bond donors (Lipinski definition) is 0. The van der Waals surface area contributed by atoms with E-state index in [1.54, 1.807) is 31.4 Å². The van der Waals surface area contributed by atoms with Gasteiger partial charge in [0.1, 0.15) is 11.5 Å². The van der Waals surface area contributed by atoms with Crippen LogP contribution in [0, 0.1) is 0 Å². The van der Waals surface area contributed by atoms with Crippen molar-refractivity contribution in [3.63, 3.8) is 0 Å². The molecule has 0 saturated heterocycles. The lowest BCUT2D eigenvalue weighted by molar-refractivity contribution is 0.411. The van der Waals surface area contributed by atoms with Gasteiger partial charge in [0.05, 0.1) is 7.11 Å². The molecule has 0 unspecified atom stereocenters. The molecule has 0 amide bonds. The monoisotopic (exact) mass is 243 g/mol. The number of fused-ring (bicyclic) bond motifs is 1. The molecule has 0 aliphatic carbocycles. The van der Waals surface area contributed by atoms with Crippen LogP contribution in [0.1, 0.15) is 0 Å². The summed E-state index contributed by atoms with van der Waals surface area (Å²) in [6, 6.07) is 10.6. The molecule has 0 radical (unpaired) electrons. The Labute approximate surface area is 102 Å². The molecule has 90 valence electrons. The SMILES string of the molecule is COc1ccc(Oc2ccc3nnnn3n2)cc1. The molecule has 0 spiro atoms. The number of aromatic nitrogens is 5. The van der Waals surface area contributed by atoms with E-state index in [0.717, 1.165) is 5.75 Å². The maximum atomic E-state index is 5.57. The Balaban J connectivity index is 1.85. The topological polar surface area (TPSA) is 74.4 Å². The fraction of sp³-hybridized carbons (Fsp3) is 0.0909. The van der Waals surface area contributed by atoms with Crippen molar-refractivity contribution in [3.05, 3.63) is 36.4 Å². The Morgan fingerprint density at radius 3 is 2.56 bits per heavy atom. The first-order chi connectivity index (χ1) is 8.85. The lowest BCUT2D eigenvalue weighted by Gasteiger charge is -2.05. The molecule has 7 heteroatoms. The fourth-order valence-electron chi connectivity index (χ4n) is 1.45. The van der Waals surface area contributed by atoms with Gasteiger partial charge in [-0.3, -0.25) is 0 Å². The standard InChI is InChI=1S/C11H9N5O2/c1-17-8-2-4-9(5-3-8)18-11-7-6-10-12-14-15-16(10)13-11/h2-7H,1H3. The summed E-state index contributed by atoms with van der Waals surface area (Å²) < 4.78 is 11.9. The summed E-state index contributed by atoms with van der Waals surface area (Å²) in [6.45, 7) is 0. The second-order valence-electron chi connectivity index (χ2n) is 3.48. The van der Waals surface area contributed by atoms with Crippen LogP contribution in [0.5, 0.6) is 17.4 Å². The predicted octanol–water partition coefficient (Wildman–Crippen LogP) is 1.32. The summed E-state index contributed by atoms with van der Waals surface area (Å²) in [5.41, 5.74) is 0.567. The summed E-state index contributed by atoms with van der Waals surface area (Å²) in [7, 11) is 1.61. The Morgan fingerprint density at radius 2 is 1.78 bits per heavy atom. The van der Waals surface area contributed by atoms with Crippen molar-refractivity contribution >= 4 is 5.65 Å². The molecule has 0 atom stereocenters. The highest BCUT2D eigenvalue weighted by Gasteiger charge is 2.03. The van der Waals surface area contributed by atoms with Gasteiger partial charge < -0.3 is 9.47 Å². The zero-order valence-electron chi connectivity index (χ0n) is 9.52. The van der Waals surface area contributed by atoms with E-state index in [1.807, 2.05) is 12.1 Å². The molecule has 3 aromatic rings. The average Bonchev–Trinajstić information content (AvgIpc) is 2.87. The van der Waals surface area contributed by atoms with Crippen LogP contribution in [-0.2, 0) is 0 Å². The Morgan fingerprint density at radius 1 is 1.00 bits per heavy atom. The minimum atomic E-state index is 0.417. The first-order valence-corrected chi connectivity index (χ1v) is 5.22. The quantitative estimate of drug-likeness (QED) is 0.690. The highest BCUT2D eigenvalue weighted by Crippen LogP contribution is 2.21. The second-order valence-corrected chi connectivity index (χ2v) is 3.48. The maximum Gasteiger partial charge on any atom is 0.239 e. The van der Waals surface area contributed by atoms with Gasteiger partial charge in [0.25, 0.3) is 0 Å². The Kier molecular flexibility index (Phi) is 2.49. The Bertz CT molecular complexity index is 665. The van der Waals surface area contributed by atoms with Crippen LogP contribution in [0.4, 0.5) is 0 Å². The molecule has 1 aromatic carbocycles. The smallest absolute Gasteiger partial charge is 0.239 e. The molecule has 7 nitrogen and oxygen atoms in total. The summed E-state index contributed by atoms with van der Waals surface area (Å²) in [5, 5.41) is 15.1. The maximum absolute atomic E-state index is 5.57. The summed E-state index contributed by atoms with van der Waals surface area (Å²) in [4.78, 5) is 0. The summed E-state index contributed by atoms with van der Waals surface area (Å²) >= 11 is 0. The number of tetrazole rings is 1. The van der Waals surface area contributed by atoms with Crippen molar-refractivity contribution in [2.45, 2.75) is 0 Å². The van der Waals surface area contributed by atoms with E-state index in [-0.39, 0.29) is 0 Å². The lowest BCUT2D eigenvalue weighted by atomic mass is 10.3. The molecule has 18 heavy (non-hydrogen) atoms. The van der Waals surface area contributed by atoms with E-state index in [0.29, 0.717) is 17.3 Å². The van der Waals surface area contributed by atoms with E-state index in [4.69, 9.17) is 9.47 Å². The average molecular weight is 243 g/mol.